The van der Waals surface area contributed by atoms with Gasteiger partial charge in [0.1, 0.15) is 11.6 Å². The molecule has 4 rings (SSSR count). The molecule has 0 bridgehead atoms. The molecule has 0 atom stereocenters. The highest BCUT2D eigenvalue weighted by Crippen LogP contribution is 2.35. The van der Waals surface area contributed by atoms with Gasteiger partial charge in [-0.2, -0.15) is 5.26 Å². The summed E-state index contributed by atoms with van der Waals surface area (Å²) in [7, 11) is 2.07. The Hall–Kier alpha value is -3.64. The van der Waals surface area contributed by atoms with Crippen molar-refractivity contribution in [1.82, 2.24) is 19.8 Å². The fourth-order valence-corrected chi connectivity index (χ4v) is 3.68. The van der Waals surface area contributed by atoms with E-state index in [4.69, 9.17) is 4.74 Å². The molecule has 1 amide bonds. The smallest absolute Gasteiger partial charge is 0.223 e. The van der Waals surface area contributed by atoms with Crippen LogP contribution in [-0.4, -0.2) is 65.4 Å². The minimum atomic E-state index is 0.186. The van der Waals surface area contributed by atoms with E-state index < -0.39 is 0 Å². The van der Waals surface area contributed by atoms with Crippen LogP contribution in [0.25, 0.3) is 5.57 Å². The summed E-state index contributed by atoms with van der Waals surface area (Å²) in [5.41, 5.74) is 2.40. The number of aromatic nitrogens is 2. The molecule has 9 heteroatoms. The number of nitrogens with one attached hydrogen (secondary N) is 2. The second kappa shape index (κ2) is 9.66. The minimum absolute atomic E-state index is 0.186. The molecule has 1 aromatic heterocycles. The Bertz CT molecular complexity index is 1040. The van der Waals surface area contributed by atoms with Crippen LogP contribution < -0.4 is 15.4 Å². The molecule has 3 heterocycles. The molecule has 2 aliphatic heterocycles. The highest BCUT2D eigenvalue weighted by molar-refractivity contribution is 5.83. The first-order valence-electron chi connectivity index (χ1n) is 10.8. The predicted octanol–water partition coefficient (Wildman–Crippen LogP) is 2.45. The topological polar surface area (TPSA) is 106 Å². The van der Waals surface area contributed by atoms with E-state index in [0.29, 0.717) is 48.2 Å². The molecule has 166 valence electrons. The van der Waals surface area contributed by atoms with Gasteiger partial charge in [0.05, 0.1) is 11.4 Å². The molecule has 9 nitrogen and oxygen atoms in total. The first-order valence-corrected chi connectivity index (χ1v) is 10.8. The van der Waals surface area contributed by atoms with Crippen LogP contribution in [0.3, 0.4) is 0 Å². The lowest BCUT2D eigenvalue weighted by molar-refractivity contribution is -0.132. The lowest BCUT2D eigenvalue weighted by Gasteiger charge is -2.32. The number of para-hydroxylation sites is 2. The van der Waals surface area contributed by atoms with Gasteiger partial charge in [-0.25, -0.2) is 9.97 Å². The van der Waals surface area contributed by atoms with Gasteiger partial charge in [-0.3, -0.25) is 4.79 Å². The van der Waals surface area contributed by atoms with Crippen molar-refractivity contribution in [2.45, 2.75) is 19.8 Å². The highest BCUT2D eigenvalue weighted by atomic mass is 16.5. The summed E-state index contributed by atoms with van der Waals surface area (Å²) in [5.74, 6) is 1.64. The molecule has 0 radical (unpaired) electrons. The largest absolute Gasteiger partial charge is 0.437 e. The first-order chi connectivity index (χ1) is 15.5. The first kappa shape index (κ1) is 21.6. The fourth-order valence-electron chi connectivity index (χ4n) is 3.68. The second-order valence-corrected chi connectivity index (χ2v) is 7.98. The van der Waals surface area contributed by atoms with E-state index in [1.54, 1.807) is 6.20 Å². The van der Waals surface area contributed by atoms with Crippen molar-refractivity contribution >= 4 is 23.1 Å². The number of rotatable bonds is 6. The third-order valence-electron chi connectivity index (χ3n) is 5.60. The molecular weight excluding hydrogens is 406 g/mol. The number of fused-ring (bicyclic) bond motifs is 1. The zero-order valence-electron chi connectivity index (χ0n) is 18.4. The van der Waals surface area contributed by atoms with Gasteiger partial charge < -0.3 is 25.2 Å². The Kier molecular flexibility index (Phi) is 6.52. The Balaban J connectivity index is 1.37. The van der Waals surface area contributed by atoms with Gasteiger partial charge in [-0.15, -0.1) is 0 Å². The van der Waals surface area contributed by atoms with Crippen LogP contribution >= 0.6 is 0 Å². The number of piperazine rings is 1. The SMILES string of the molecule is Cc1cnc(NCCCC(=O)N2CCN(C)CC2)nc1/C(C#N)=C1/Nc2ccccc2O1. The number of hydrogen-bond donors (Lipinski definition) is 2. The van der Waals surface area contributed by atoms with Gasteiger partial charge in [0.25, 0.3) is 0 Å². The van der Waals surface area contributed by atoms with Crippen LogP contribution in [0.2, 0.25) is 0 Å². The zero-order chi connectivity index (χ0) is 22.5. The number of likely N-dealkylation sites (N-methyl/N-ethyl adjacent to an activating group) is 1. The van der Waals surface area contributed by atoms with Crippen molar-refractivity contribution in [1.29, 1.82) is 5.26 Å². The number of carbonyl (C=O) groups excluding carboxylic acids is 1. The van der Waals surface area contributed by atoms with Gasteiger partial charge in [-0.1, -0.05) is 12.1 Å². The van der Waals surface area contributed by atoms with E-state index >= 15 is 0 Å². The Labute approximate surface area is 187 Å². The number of nitriles is 1. The van der Waals surface area contributed by atoms with E-state index in [9.17, 15) is 10.1 Å². The molecule has 0 aliphatic carbocycles. The molecular formula is C23H27N7O2. The summed E-state index contributed by atoms with van der Waals surface area (Å²) in [6, 6.07) is 9.71. The summed E-state index contributed by atoms with van der Waals surface area (Å²) in [6.45, 7) is 5.85. The van der Waals surface area contributed by atoms with E-state index in [0.717, 1.165) is 37.4 Å². The number of allylic oxidation sites excluding steroid dienone is 1. The van der Waals surface area contributed by atoms with Crippen LogP contribution in [-0.2, 0) is 4.79 Å². The van der Waals surface area contributed by atoms with Crippen molar-refractivity contribution in [2.75, 3.05) is 50.4 Å². The zero-order valence-corrected chi connectivity index (χ0v) is 18.4. The number of benzene rings is 1. The Morgan fingerprint density at radius 2 is 2.06 bits per heavy atom. The maximum Gasteiger partial charge on any atom is 0.223 e. The van der Waals surface area contributed by atoms with Crippen LogP contribution in [0.1, 0.15) is 24.1 Å². The summed E-state index contributed by atoms with van der Waals surface area (Å²) >= 11 is 0. The monoisotopic (exact) mass is 433 g/mol. The third-order valence-corrected chi connectivity index (χ3v) is 5.60. The average Bonchev–Trinajstić information content (AvgIpc) is 3.23. The maximum absolute atomic E-state index is 12.4. The molecule has 1 fully saturated rings. The van der Waals surface area contributed by atoms with Crippen LogP contribution in [0.5, 0.6) is 5.75 Å². The van der Waals surface area contributed by atoms with Crippen molar-refractivity contribution < 1.29 is 9.53 Å². The predicted molar refractivity (Wildman–Crippen MR) is 122 cm³/mol. The van der Waals surface area contributed by atoms with Crippen molar-refractivity contribution in [2.24, 2.45) is 0 Å². The number of nitrogens with zero attached hydrogens (tertiary/aromatic N) is 5. The number of carbonyl (C=O) groups is 1. The van der Waals surface area contributed by atoms with Gasteiger partial charge >= 0.3 is 0 Å². The molecule has 0 spiro atoms. The third kappa shape index (κ3) is 4.81. The molecule has 0 unspecified atom stereocenters. The summed E-state index contributed by atoms with van der Waals surface area (Å²) in [4.78, 5) is 25.4. The van der Waals surface area contributed by atoms with E-state index in [-0.39, 0.29) is 5.91 Å². The molecule has 32 heavy (non-hydrogen) atoms. The van der Waals surface area contributed by atoms with E-state index in [1.165, 1.54) is 0 Å². The van der Waals surface area contributed by atoms with Crippen LogP contribution in [0.15, 0.2) is 36.3 Å². The van der Waals surface area contributed by atoms with Gasteiger partial charge in [-0.05, 0) is 38.1 Å². The molecule has 1 saturated heterocycles. The lowest BCUT2D eigenvalue weighted by atomic mass is 10.1. The van der Waals surface area contributed by atoms with E-state index in [2.05, 4.69) is 38.6 Å². The highest BCUT2D eigenvalue weighted by Gasteiger charge is 2.23. The summed E-state index contributed by atoms with van der Waals surface area (Å²) < 4.78 is 5.82. The van der Waals surface area contributed by atoms with Crippen LogP contribution in [0, 0.1) is 18.3 Å². The van der Waals surface area contributed by atoms with Crippen LogP contribution in [0.4, 0.5) is 11.6 Å². The normalized spacial score (nSPS) is 17.1. The number of aryl methyl sites for hydroxylation is 1. The quantitative estimate of drug-likeness (QED) is 0.529. The van der Waals surface area contributed by atoms with E-state index in [1.807, 2.05) is 36.1 Å². The fraction of sp³-hybridized carbons (Fsp3) is 0.391. The van der Waals surface area contributed by atoms with Crippen molar-refractivity contribution in [3.8, 4) is 11.8 Å². The summed E-state index contributed by atoms with van der Waals surface area (Å²) in [5, 5.41) is 16.1. The standard InChI is InChI=1S/C23H27N7O2/c1-16-15-26-23(25-9-5-8-20(31)30-12-10-29(2)11-13-30)28-21(16)17(14-24)22-27-18-6-3-4-7-19(18)32-22/h3-4,6-7,15,27H,5,8-13H2,1-2H3,(H,25,26,28)/b22-17-. The lowest BCUT2D eigenvalue weighted by Crippen LogP contribution is -2.47. The van der Waals surface area contributed by atoms with Crippen molar-refractivity contribution in [3.05, 3.63) is 47.6 Å². The number of ether oxygens (including phenoxy) is 1. The second-order valence-electron chi connectivity index (χ2n) is 7.98. The van der Waals surface area contributed by atoms with Gasteiger partial charge in [0.2, 0.25) is 17.7 Å². The number of anilines is 2. The molecule has 2 aliphatic rings. The maximum atomic E-state index is 12.4. The number of amides is 1. The Morgan fingerprint density at radius 1 is 1.28 bits per heavy atom. The molecule has 2 N–H and O–H groups in total. The molecule has 1 aromatic carbocycles. The average molecular weight is 434 g/mol. The number of hydrogen-bond acceptors (Lipinski definition) is 8. The molecule has 2 aromatic rings. The Morgan fingerprint density at radius 3 is 2.81 bits per heavy atom. The van der Waals surface area contributed by atoms with Gasteiger partial charge in [0, 0.05) is 45.3 Å². The summed E-state index contributed by atoms with van der Waals surface area (Å²) in [6.07, 6.45) is 2.85. The minimum Gasteiger partial charge on any atom is -0.437 e. The van der Waals surface area contributed by atoms with Crippen molar-refractivity contribution in [3.63, 3.8) is 0 Å². The van der Waals surface area contributed by atoms with Gasteiger partial charge in [0.15, 0.2) is 5.75 Å². The molecule has 0 saturated carbocycles.